The fraction of sp³-hybridized carbons (Fsp3) is 0.667. The zero-order valence-corrected chi connectivity index (χ0v) is 8.29. The van der Waals surface area contributed by atoms with E-state index in [1.54, 1.807) is 29.6 Å². The van der Waals surface area contributed by atoms with E-state index in [4.69, 9.17) is 5.11 Å². The number of likely N-dealkylation sites (N-methyl/N-ethyl adjacent to an activating group) is 1. The number of rotatable bonds is 5. The first-order valence-electron chi connectivity index (χ1n) is 3.16. The molecular formula is C6H10INO3. The van der Waals surface area contributed by atoms with Crippen LogP contribution in [0.25, 0.3) is 0 Å². The minimum atomic E-state index is -0.872. The monoisotopic (exact) mass is 271 g/mol. The maximum atomic E-state index is 10.7. The van der Waals surface area contributed by atoms with Crippen LogP contribution >= 0.6 is 22.6 Å². The van der Waals surface area contributed by atoms with E-state index in [0.29, 0.717) is 6.42 Å². The first-order valence-corrected chi connectivity index (χ1v) is 4.24. The molecule has 11 heavy (non-hydrogen) atoms. The van der Waals surface area contributed by atoms with Gasteiger partial charge in [-0.2, -0.15) is 0 Å². The predicted molar refractivity (Wildman–Crippen MR) is 48.7 cm³/mol. The zero-order chi connectivity index (χ0) is 8.85. The van der Waals surface area contributed by atoms with Crippen molar-refractivity contribution in [3.05, 3.63) is 0 Å². The van der Waals surface area contributed by atoms with Crippen LogP contribution in [0, 0.1) is 0 Å². The summed E-state index contributed by atoms with van der Waals surface area (Å²) in [5.41, 5.74) is 0. The molecule has 2 N–H and O–H groups in total. The summed E-state index contributed by atoms with van der Waals surface area (Å²) in [6.07, 6.45) is 0.383. The van der Waals surface area contributed by atoms with E-state index in [1.807, 2.05) is 0 Å². The summed E-state index contributed by atoms with van der Waals surface area (Å²) in [7, 11) is 1.64. The van der Waals surface area contributed by atoms with Crippen LogP contribution in [0.4, 0.5) is 0 Å². The zero-order valence-electron chi connectivity index (χ0n) is 6.13. The number of hydrogen-bond acceptors (Lipinski definition) is 3. The highest BCUT2D eigenvalue weighted by Crippen LogP contribution is 2.02. The van der Waals surface area contributed by atoms with Crippen molar-refractivity contribution >= 4 is 32.4 Å². The Morgan fingerprint density at radius 2 is 2.18 bits per heavy atom. The average Bonchev–Trinajstić information content (AvgIpc) is 1.87. The Hall–Kier alpha value is -0.170. The van der Waals surface area contributed by atoms with Crippen molar-refractivity contribution in [1.29, 1.82) is 0 Å². The number of carbonyl (C=O) groups excluding carboxylic acids is 1. The molecule has 0 heterocycles. The molecular weight excluding hydrogens is 261 g/mol. The van der Waals surface area contributed by atoms with E-state index < -0.39 is 5.97 Å². The molecule has 0 amide bonds. The molecule has 0 aromatic rings. The number of carboxylic acids is 1. The number of hydrogen-bond donors (Lipinski definition) is 2. The van der Waals surface area contributed by atoms with E-state index in [0.717, 1.165) is 0 Å². The van der Waals surface area contributed by atoms with Crippen LogP contribution < -0.4 is 5.32 Å². The second-order valence-electron chi connectivity index (χ2n) is 2.08. The standard InChI is InChI=1S/C6H10INO3/c1-8-4(6(7)11)2-3-5(9)10/h4,8H,2-3H2,1H3,(H,9,10)/t4-/m0/s1. The Bertz CT molecular complexity index is 160. The summed E-state index contributed by atoms with van der Waals surface area (Å²) in [5, 5.41) is 11.0. The molecule has 0 aromatic carbocycles. The molecule has 0 saturated heterocycles. The van der Waals surface area contributed by atoms with Gasteiger partial charge in [-0.15, -0.1) is 0 Å². The van der Waals surface area contributed by atoms with Crippen LogP contribution in [0.3, 0.4) is 0 Å². The molecule has 64 valence electrons. The molecule has 0 bridgehead atoms. The molecule has 0 rings (SSSR count). The topological polar surface area (TPSA) is 66.4 Å². The molecule has 0 radical (unpaired) electrons. The lowest BCUT2D eigenvalue weighted by molar-refractivity contribution is -0.137. The van der Waals surface area contributed by atoms with Gasteiger partial charge in [0.15, 0.2) is 0 Å². The summed E-state index contributed by atoms with van der Waals surface area (Å²) in [6, 6.07) is -0.327. The van der Waals surface area contributed by atoms with Gasteiger partial charge in [0, 0.05) is 29.0 Å². The van der Waals surface area contributed by atoms with Crippen LogP contribution in [-0.4, -0.2) is 28.0 Å². The molecule has 0 saturated carbocycles. The van der Waals surface area contributed by atoms with E-state index in [1.165, 1.54) is 0 Å². The molecule has 4 nitrogen and oxygen atoms in total. The van der Waals surface area contributed by atoms with Gasteiger partial charge in [-0.1, -0.05) is 0 Å². The van der Waals surface area contributed by atoms with Gasteiger partial charge in [-0.3, -0.25) is 9.59 Å². The van der Waals surface area contributed by atoms with Gasteiger partial charge in [0.1, 0.15) is 0 Å². The molecule has 0 aliphatic rings. The third-order valence-electron chi connectivity index (χ3n) is 1.27. The molecule has 0 aromatic heterocycles. The molecule has 0 aliphatic heterocycles. The number of halogens is 1. The molecule has 0 spiro atoms. The molecule has 5 heteroatoms. The highest BCUT2D eigenvalue weighted by molar-refractivity contribution is 14.1. The van der Waals surface area contributed by atoms with E-state index in [2.05, 4.69) is 5.32 Å². The summed E-state index contributed by atoms with van der Waals surface area (Å²) in [4.78, 5) is 20.8. The minimum absolute atomic E-state index is 0.0280. The maximum Gasteiger partial charge on any atom is 0.303 e. The molecule has 1 atom stereocenters. The minimum Gasteiger partial charge on any atom is -0.481 e. The smallest absolute Gasteiger partial charge is 0.303 e. The van der Waals surface area contributed by atoms with Gasteiger partial charge >= 0.3 is 5.97 Å². The Labute approximate surface area is 78.5 Å². The molecule has 0 aliphatic carbocycles. The lowest BCUT2D eigenvalue weighted by atomic mass is 10.2. The Balaban J connectivity index is 3.70. The van der Waals surface area contributed by atoms with Crippen molar-refractivity contribution in [2.24, 2.45) is 0 Å². The van der Waals surface area contributed by atoms with E-state index in [-0.39, 0.29) is 16.3 Å². The van der Waals surface area contributed by atoms with Crippen molar-refractivity contribution in [2.75, 3.05) is 7.05 Å². The van der Waals surface area contributed by atoms with Crippen LogP contribution in [0.2, 0.25) is 0 Å². The average molecular weight is 271 g/mol. The molecule has 0 unspecified atom stereocenters. The SMILES string of the molecule is CN[C@@H](CCC(=O)O)C(=O)I. The lowest BCUT2D eigenvalue weighted by Gasteiger charge is -2.08. The highest BCUT2D eigenvalue weighted by atomic mass is 127. The van der Waals surface area contributed by atoms with Crippen molar-refractivity contribution in [1.82, 2.24) is 5.32 Å². The quantitative estimate of drug-likeness (QED) is 0.561. The van der Waals surface area contributed by atoms with E-state index >= 15 is 0 Å². The number of carbonyl (C=O) groups is 2. The summed E-state index contributed by atoms with van der Waals surface area (Å²) < 4.78 is -0.0497. The van der Waals surface area contributed by atoms with Crippen molar-refractivity contribution < 1.29 is 14.7 Å². The fourth-order valence-electron chi connectivity index (χ4n) is 0.639. The first kappa shape index (κ1) is 10.8. The van der Waals surface area contributed by atoms with Gasteiger partial charge in [-0.25, -0.2) is 0 Å². The van der Waals surface area contributed by atoms with Gasteiger partial charge < -0.3 is 10.4 Å². The van der Waals surface area contributed by atoms with Crippen molar-refractivity contribution in [3.8, 4) is 0 Å². The fourth-order valence-corrected chi connectivity index (χ4v) is 1.26. The Morgan fingerprint density at radius 3 is 2.45 bits per heavy atom. The third-order valence-corrected chi connectivity index (χ3v) is 2.02. The highest BCUT2D eigenvalue weighted by Gasteiger charge is 2.13. The predicted octanol–water partition coefficient (Wildman–Crippen LogP) is 0.401. The second kappa shape index (κ2) is 5.48. The van der Waals surface area contributed by atoms with Crippen LogP contribution in [0.5, 0.6) is 0 Å². The van der Waals surface area contributed by atoms with Gasteiger partial charge in [-0.05, 0) is 13.5 Å². The van der Waals surface area contributed by atoms with Crippen LogP contribution in [0.15, 0.2) is 0 Å². The van der Waals surface area contributed by atoms with Gasteiger partial charge in [0.05, 0.1) is 6.04 Å². The first-order chi connectivity index (χ1) is 5.07. The summed E-state index contributed by atoms with van der Waals surface area (Å²) >= 11 is 1.66. The lowest BCUT2D eigenvalue weighted by Crippen LogP contribution is -2.31. The summed E-state index contributed by atoms with van der Waals surface area (Å²) in [6.45, 7) is 0. The molecule has 0 fully saturated rings. The largest absolute Gasteiger partial charge is 0.481 e. The van der Waals surface area contributed by atoms with Crippen LogP contribution in [-0.2, 0) is 9.59 Å². The number of aliphatic carboxylic acids is 1. The normalized spacial score (nSPS) is 12.5. The van der Waals surface area contributed by atoms with Gasteiger partial charge in [0.2, 0.25) is 3.79 Å². The Kier molecular flexibility index (Phi) is 5.39. The number of nitrogens with one attached hydrogen (secondary N) is 1. The summed E-state index contributed by atoms with van der Waals surface area (Å²) in [5.74, 6) is -0.872. The van der Waals surface area contributed by atoms with Gasteiger partial charge in [0.25, 0.3) is 0 Å². The van der Waals surface area contributed by atoms with Crippen molar-refractivity contribution in [3.63, 3.8) is 0 Å². The number of carboxylic acid groups (broad SMARTS) is 1. The van der Waals surface area contributed by atoms with E-state index in [9.17, 15) is 9.59 Å². The second-order valence-corrected chi connectivity index (χ2v) is 3.14. The third kappa shape index (κ3) is 5.14. The van der Waals surface area contributed by atoms with Crippen LogP contribution in [0.1, 0.15) is 12.8 Å². The van der Waals surface area contributed by atoms with Crippen molar-refractivity contribution in [2.45, 2.75) is 18.9 Å². The maximum absolute atomic E-state index is 10.7. The Morgan fingerprint density at radius 1 is 1.64 bits per heavy atom.